The molecule has 0 radical (unpaired) electrons. The minimum absolute atomic E-state index is 0.0897. The first-order valence-corrected chi connectivity index (χ1v) is 50.7. The number of hydrogen-bond donors (Lipinski definition) is 0. The van der Waals surface area contributed by atoms with Crippen molar-refractivity contribution in [1.82, 2.24) is 0 Å². The average Bonchev–Trinajstić information content (AvgIpc) is 0.841. The summed E-state index contributed by atoms with van der Waals surface area (Å²) in [6.45, 7) is 17.4. The van der Waals surface area contributed by atoms with Crippen molar-refractivity contribution in [3.05, 3.63) is 0 Å². The van der Waals surface area contributed by atoms with Crippen LogP contribution in [-0.2, 0) is 62.9 Å². The van der Waals surface area contributed by atoms with Crippen molar-refractivity contribution in [3.8, 4) is 0 Å². The molecule has 0 saturated carbocycles. The summed E-state index contributed by atoms with van der Waals surface area (Å²) in [7, 11) is 0. The van der Waals surface area contributed by atoms with E-state index < -0.39 is 87.8 Å². The SMILES string of the molecule is CCCCCCCCCC(=O)[O][Sn]([O]C(=O)CCCCCCCCC)([O]C(=O)CCCCCCCCC)[O]C(=O)CCCCCCCCC.CCCCCCCCCC(=O)[O][Sn]([O]C(=O)CCCCCCCCC)([O]C(=O)CCCCCCCCC)[O]C(=O)CCCCCCCCC. The second kappa shape index (κ2) is 74.1. The van der Waals surface area contributed by atoms with Crippen LogP contribution < -0.4 is 0 Å². The van der Waals surface area contributed by atoms with Crippen LogP contribution in [0.5, 0.6) is 0 Å². The number of rotatable bonds is 72. The van der Waals surface area contributed by atoms with Crippen molar-refractivity contribution >= 4 is 87.8 Å². The van der Waals surface area contributed by atoms with Crippen molar-refractivity contribution in [2.24, 2.45) is 0 Å². The summed E-state index contributed by atoms with van der Waals surface area (Å²) in [6, 6.07) is 0. The van der Waals surface area contributed by atoms with Crippen LogP contribution in [-0.4, -0.2) is 87.8 Å². The number of unbranched alkanes of at least 4 members (excludes halogenated alkanes) is 48. The molecular formula is C80H152O16Sn2. The molecule has 0 atom stereocenters. The van der Waals surface area contributed by atoms with Crippen LogP contribution in [0.3, 0.4) is 0 Å². The first-order valence-electron chi connectivity index (χ1n) is 41.4. The molecule has 0 aliphatic heterocycles. The van der Waals surface area contributed by atoms with Crippen molar-refractivity contribution < 1.29 is 62.9 Å². The van der Waals surface area contributed by atoms with E-state index in [0.717, 1.165) is 154 Å². The summed E-state index contributed by atoms with van der Waals surface area (Å²) in [4.78, 5) is 105. The van der Waals surface area contributed by atoms with E-state index in [1.54, 1.807) is 0 Å². The van der Waals surface area contributed by atoms with E-state index >= 15 is 0 Å². The van der Waals surface area contributed by atoms with Gasteiger partial charge in [-0.15, -0.1) is 0 Å². The molecule has 0 fully saturated rings. The van der Waals surface area contributed by atoms with Crippen molar-refractivity contribution in [1.29, 1.82) is 0 Å². The van der Waals surface area contributed by atoms with Gasteiger partial charge in [0.15, 0.2) is 0 Å². The summed E-state index contributed by atoms with van der Waals surface area (Å²) in [6.07, 6.45) is 58.2. The van der Waals surface area contributed by atoms with Crippen molar-refractivity contribution in [2.45, 2.75) is 466 Å². The van der Waals surface area contributed by atoms with E-state index in [1.807, 2.05) is 0 Å². The molecule has 98 heavy (non-hydrogen) atoms. The topological polar surface area (TPSA) is 210 Å². The predicted molar refractivity (Wildman–Crippen MR) is 401 cm³/mol. The molecule has 0 amide bonds. The van der Waals surface area contributed by atoms with Gasteiger partial charge in [-0.3, -0.25) is 0 Å². The van der Waals surface area contributed by atoms with Crippen LogP contribution in [0.2, 0.25) is 0 Å². The molecule has 16 nitrogen and oxygen atoms in total. The van der Waals surface area contributed by atoms with Crippen LogP contribution in [0.25, 0.3) is 0 Å². The molecule has 0 aliphatic carbocycles. The third kappa shape index (κ3) is 66.6. The minimum atomic E-state index is -5.79. The van der Waals surface area contributed by atoms with Gasteiger partial charge in [0.1, 0.15) is 0 Å². The third-order valence-corrected chi connectivity index (χ3v) is 28.7. The van der Waals surface area contributed by atoms with Gasteiger partial charge in [0.2, 0.25) is 0 Å². The van der Waals surface area contributed by atoms with Crippen LogP contribution in [0, 0.1) is 0 Å². The van der Waals surface area contributed by atoms with Crippen LogP contribution in [0.15, 0.2) is 0 Å². The second-order valence-electron chi connectivity index (χ2n) is 27.8. The van der Waals surface area contributed by atoms with E-state index in [2.05, 4.69) is 55.4 Å². The van der Waals surface area contributed by atoms with E-state index in [-0.39, 0.29) is 51.4 Å². The van der Waals surface area contributed by atoms with Gasteiger partial charge >= 0.3 is 617 Å². The molecule has 0 rings (SSSR count). The van der Waals surface area contributed by atoms with Crippen LogP contribution >= 0.6 is 0 Å². The fraction of sp³-hybridized carbons (Fsp3) is 0.900. The summed E-state index contributed by atoms with van der Waals surface area (Å²) in [5.41, 5.74) is 0. The fourth-order valence-corrected chi connectivity index (χ4v) is 21.7. The van der Waals surface area contributed by atoms with Gasteiger partial charge in [-0.2, -0.15) is 0 Å². The first kappa shape index (κ1) is 97.4. The summed E-state index contributed by atoms with van der Waals surface area (Å²) >= 11 is -11.6. The van der Waals surface area contributed by atoms with Crippen LogP contribution in [0.1, 0.15) is 466 Å². The standard InChI is InChI=1S/8C10H20O2.2Sn/c8*1-2-3-4-5-6-7-8-9-10(11)12;;/h8*2-9H2,1H3,(H,11,12);;/q;;;;;;;;2*+4/p-8. The number of carbonyl (C=O) groups is 8. The Hall–Kier alpha value is -2.64. The third-order valence-electron chi connectivity index (χ3n) is 17.8. The molecule has 18 heteroatoms. The van der Waals surface area contributed by atoms with Gasteiger partial charge in [0, 0.05) is 0 Å². The van der Waals surface area contributed by atoms with Gasteiger partial charge in [0.25, 0.3) is 0 Å². The molecule has 0 aromatic carbocycles. The molecule has 0 saturated heterocycles. The normalized spacial score (nSPS) is 11.3. The average molecular weight is 1610 g/mol. The quantitative estimate of drug-likeness (QED) is 0.0409. The second-order valence-corrected chi connectivity index (χ2v) is 38.1. The summed E-state index contributed by atoms with van der Waals surface area (Å²) in [5.74, 6) is -5.11. The zero-order valence-corrected chi connectivity index (χ0v) is 70.5. The Balaban J connectivity index is 0. The molecule has 0 spiro atoms. The Kier molecular flexibility index (Phi) is 73.6. The van der Waals surface area contributed by atoms with E-state index in [0.29, 0.717) is 51.4 Å². The predicted octanol–water partition coefficient (Wildman–Crippen LogP) is 24.3. The summed E-state index contributed by atoms with van der Waals surface area (Å²) in [5, 5.41) is 0. The van der Waals surface area contributed by atoms with Gasteiger partial charge < -0.3 is 0 Å². The van der Waals surface area contributed by atoms with E-state index in [9.17, 15) is 38.4 Å². The Morgan fingerprint density at radius 3 is 0.316 bits per heavy atom. The molecule has 0 N–H and O–H groups in total. The number of hydrogen-bond acceptors (Lipinski definition) is 16. The van der Waals surface area contributed by atoms with Crippen molar-refractivity contribution in [2.75, 3.05) is 0 Å². The Labute approximate surface area is 612 Å². The van der Waals surface area contributed by atoms with E-state index in [4.69, 9.17) is 24.6 Å². The zero-order chi connectivity index (χ0) is 72.5. The molecule has 0 unspecified atom stereocenters. The van der Waals surface area contributed by atoms with Gasteiger partial charge in [-0.25, -0.2) is 0 Å². The van der Waals surface area contributed by atoms with Crippen molar-refractivity contribution in [3.63, 3.8) is 0 Å². The van der Waals surface area contributed by atoms with E-state index in [1.165, 1.54) is 154 Å². The number of carbonyl (C=O) groups excluding carboxylic acids is 8. The molecule has 0 aromatic rings. The molecule has 576 valence electrons. The molecular weight excluding hydrogens is 1450 g/mol. The Morgan fingerprint density at radius 1 is 0.143 bits per heavy atom. The Bertz CT molecular complexity index is 1500. The molecule has 0 bridgehead atoms. The Morgan fingerprint density at radius 2 is 0.224 bits per heavy atom. The maximum atomic E-state index is 13.2. The monoisotopic (exact) mass is 1610 g/mol. The van der Waals surface area contributed by atoms with Crippen LogP contribution in [0.4, 0.5) is 0 Å². The summed E-state index contributed by atoms with van der Waals surface area (Å²) < 4.78 is 46.0. The zero-order valence-electron chi connectivity index (χ0n) is 64.8. The van der Waals surface area contributed by atoms with Gasteiger partial charge in [0.05, 0.1) is 0 Å². The molecule has 0 aromatic heterocycles. The maximum absolute atomic E-state index is 13.2. The molecule has 0 aliphatic rings. The fourth-order valence-electron chi connectivity index (χ4n) is 11.6. The van der Waals surface area contributed by atoms with Gasteiger partial charge in [-0.05, 0) is 0 Å². The molecule has 0 heterocycles. The first-order chi connectivity index (χ1) is 47.6. The van der Waals surface area contributed by atoms with Gasteiger partial charge in [-0.1, -0.05) is 0 Å².